The molecule has 2 aliphatic rings. The van der Waals surface area contributed by atoms with Crippen LogP contribution in [0.15, 0.2) is 42.0 Å². The number of rotatable bonds is 3. The maximum absolute atomic E-state index is 12.4. The van der Waals surface area contributed by atoms with Gasteiger partial charge in [0, 0.05) is 6.54 Å². The highest BCUT2D eigenvalue weighted by Crippen LogP contribution is 2.35. The second kappa shape index (κ2) is 6.86. The SMILES string of the molecule is O=C(O)[C@H]1C[C@H]2CCCC=C2CN1C(=O)OCc1ccccc1. The summed E-state index contributed by atoms with van der Waals surface area (Å²) in [7, 11) is 0. The lowest BCUT2D eigenvalue weighted by Gasteiger charge is -2.39. The Balaban J connectivity index is 1.69. The molecule has 1 N–H and O–H groups in total. The van der Waals surface area contributed by atoms with Crippen LogP contribution in [0, 0.1) is 5.92 Å². The van der Waals surface area contributed by atoms with Gasteiger partial charge in [0.15, 0.2) is 0 Å². The molecule has 1 fully saturated rings. The standard InChI is InChI=1S/C18H21NO4/c20-17(21)16-10-14-8-4-5-9-15(14)11-19(16)18(22)23-12-13-6-2-1-3-7-13/h1-3,6-7,9,14,16H,4-5,8,10-12H2,(H,20,21)/t14-,16-/m1/s1. The smallest absolute Gasteiger partial charge is 0.411 e. The van der Waals surface area contributed by atoms with Gasteiger partial charge in [0.25, 0.3) is 0 Å². The van der Waals surface area contributed by atoms with Gasteiger partial charge in [-0.15, -0.1) is 0 Å². The molecule has 3 rings (SSSR count). The van der Waals surface area contributed by atoms with Crippen LogP contribution in [-0.2, 0) is 16.1 Å². The Bertz CT molecular complexity index is 611. The van der Waals surface area contributed by atoms with Gasteiger partial charge in [-0.1, -0.05) is 42.0 Å². The number of allylic oxidation sites excluding steroid dienone is 1. The molecule has 0 aromatic heterocycles. The highest BCUT2D eigenvalue weighted by atomic mass is 16.6. The maximum atomic E-state index is 12.4. The summed E-state index contributed by atoms with van der Waals surface area (Å²) >= 11 is 0. The summed E-state index contributed by atoms with van der Waals surface area (Å²) in [5, 5.41) is 9.46. The van der Waals surface area contributed by atoms with Gasteiger partial charge in [0.1, 0.15) is 12.6 Å². The van der Waals surface area contributed by atoms with E-state index < -0.39 is 18.1 Å². The van der Waals surface area contributed by atoms with Crippen molar-refractivity contribution >= 4 is 12.1 Å². The van der Waals surface area contributed by atoms with Crippen molar-refractivity contribution < 1.29 is 19.4 Å². The second-order valence-corrected chi connectivity index (χ2v) is 6.16. The van der Waals surface area contributed by atoms with Gasteiger partial charge >= 0.3 is 12.1 Å². The number of ether oxygens (including phenoxy) is 1. The molecule has 0 bridgehead atoms. The first kappa shape index (κ1) is 15.6. The Labute approximate surface area is 135 Å². The normalized spacial score (nSPS) is 23.7. The Hall–Kier alpha value is -2.30. The molecule has 122 valence electrons. The molecule has 0 unspecified atom stereocenters. The van der Waals surface area contributed by atoms with Crippen molar-refractivity contribution in [3.63, 3.8) is 0 Å². The van der Waals surface area contributed by atoms with Gasteiger partial charge < -0.3 is 9.84 Å². The number of carbonyl (C=O) groups is 2. The number of likely N-dealkylation sites (tertiary alicyclic amines) is 1. The van der Waals surface area contributed by atoms with Crippen molar-refractivity contribution in [2.45, 2.75) is 38.3 Å². The highest BCUT2D eigenvalue weighted by Gasteiger charge is 2.39. The van der Waals surface area contributed by atoms with E-state index in [-0.39, 0.29) is 6.61 Å². The van der Waals surface area contributed by atoms with Crippen molar-refractivity contribution in [3.05, 3.63) is 47.5 Å². The molecular weight excluding hydrogens is 294 g/mol. The van der Waals surface area contributed by atoms with E-state index in [1.807, 2.05) is 30.3 Å². The molecule has 1 aromatic rings. The van der Waals surface area contributed by atoms with Gasteiger partial charge in [-0.05, 0) is 37.2 Å². The van der Waals surface area contributed by atoms with Crippen molar-refractivity contribution in [3.8, 4) is 0 Å². The first-order chi connectivity index (χ1) is 11.1. The molecule has 1 saturated heterocycles. The number of fused-ring (bicyclic) bond motifs is 1. The van der Waals surface area contributed by atoms with E-state index in [1.165, 1.54) is 10.5 Å². The van der Waals surface area contributed by atoms with Gasteiger partial charge in [-0.25, -0.2) is 9.59 Å². The zero-order chi connectivity index (χ0) is 16.2. The number of carboxylic acid groups (broad SMARTS) is 1. The van der Waals surface area contributed by atoms with E-state index in [9.17, 15) is 14.7 Å². The summed E-state index contributed by atoms with van der Waals surface area (Å²) in [6.45, 7) is 0.528. The lowest BCUT2D eigenvalue weighted by atomic mass is 9.79. The quantitative estimate of drug-likeness (QED) is 0.870. The average Bonchev–Trinajstić information content (AvgIpc) is 2.59. The lowest BCUT2D eigenvalue weighted by Crippen LogP contribution is -2.51. The van der Waals surface area contributed by atoms with Crippen LogP contribution < -0.4 is 0 Å². The summed E-state index contributed by atoms with van der Waals surface area (Å²) in [4.78, 5) is 25.3. The molecule has 23 heavy (non-hydrogen) atoms. The van der Waals surface area contributed by atoms with Crippen LogP contribution in [-0.4, -0.2) is 34.7 Å². The number of aliphatic carboxylic acids is 1. The van der Waals surface area contributed by atoms with E-state index in [2.05, 4.69) is 6.08 Å². The number of carboxylic acids is 1. The predicted octanol–water partition coefficient (Wildman–Crippen LogP) is 3.21. The van der Waals surface area contributed by atoms with Gasteiger partial charge in [-0.3, -0.25) is 4.90 Å². The summed E-state index contributed by atoms with van der Waals surface area (Å²) in [5.41, 5.74) is 2.07. The van der Waals surface area contributed by atoms with E-state index in [1.54, 1.807) is 0 Å². The third-order valence-corrected chi connectivity index (χ3v) is 4.65. The predicted molar refractivity (Wildman–Crippen MR) is 84.8 cm³/mol. The maximum Gasteiger partial charge on any atom is 0.411 e. The van der Waals surface area contributed by atoms with E-state index >= 15 is 0 Å². The number of amides is 1. The molecule has 1 aromatic carbocycles. The summed E-state index contributed by atoms with van der Waals surface area (Å²) in [5.74, 6) is -0.658. The minimum atomic E-state index is -0.953. The molecule has 0 saturated carbocycles. The first-order valence-electron chi connectivity index (χ1n) is 8.04. The zero-order valence-electron chi connectivity index (χ0n) is 13.0. The largest absolute Gasteiger partial charge is 0.480 e. The van der Waals surface area contributed by atoms with Crippen molar-refractivity contribution in [1.82, 2.24) is 4.90 Å². The van der Waals surface area contributed by atoms with Crippen LogP contribution in [0.4, 0.5) is 4.79 Å². The molecule has 0 radical (unpaired) electrons. The third-order valence-electron chi connectivity index (χ3n) is 4.65. The zero-order valence-corrected chi connectivity index (χ0v) is 13.0. The molecule has 2 atom stereocenters. The highest BCUT2D eigenvalue weighted by molar-refractivity contribution is 5.80. The Kier molecular flexibility index (Phi) is 4.65. The van der Waals surface area contributed by atoms with Crippen LogP contribution >= 0.6 is 0 Å². The summed E-state index contributed by atoms with van der Waals surface area (Å²) in [6.07, 6.45) is 5.22. The molecule has 5 nitrogen and oxygen atoms in total. The van der Waals surface area contributed by atoms with Crippen LogP contribution in [0.2, 0.25) is 0 Å². The third kappa shape index (κ3) is 3.55. The molecule has 1 aliphatic heterocycles. The molecule has 1 amide bonds. The van der Waals surface area contributed by atoms with Gasteiger partial charge in [0.05, 0.1) is 0 Å². The fourth-order valence-electron chi connectivity index (χ4n) is 3.40. The van der Waals surface area contributed by atoms with Crippen molar-refractivity contribution in [2.24, 2.45) is 5.92 Å². The van der Waals surface area contributed by atoms with Gasteiger partial charge in [0.2, 0.25) is 0 Å². The monoisotopic (exact) mass is 315 g/mol. The van der Waals surface area contributed by atoms with Crippen molar-refractivity contribution in [1.29, 1.82) is 0 Å². The van der Waals surface area contributed by atoms with Crippen LogP contribution in [0.5, 0.6) is 0 Å². The molecule has 1 aliphatic carbocycles. The molecule has 0 spiro atoms. The number of nitrogens with zero attached hydrogens (tertiary/aromatic N) is 1. The molecule has 5 heteroatoms. The number of hydrogen-bond donors (Lipinski definition) is 1. The second-order valence-electron chi connectivity index (χ2n) is 6.16. The number of piperidine rings is 1. The van der Waals surface area contributed by atoms with E-state index in [0.29, 0.717) is 18.9 Å². The minimum Gasteiger partial charge on any atom is -0.480 e. The lowest BCUT2D eigenvalue weighted by molar-refractivity contribution is -0.144. The topological polar surface area (TPSA) is 66.8 Å². The first-order valence-corrected chi connectivity index (χ1v) is 8.04. The fraction of sp³-hybridized carbons (Fsp3) is 0.444. The number of hydrogen-bond acceptors (Lipinski definition) is 3. The number of benzene rings is 1. The van der Waals surface area contributed by atoms with Gasteiger partial charge in [-0.2, -0.15) is 0 Å². The van der Waals surface area contributed by atoms with Crippen LogP contribution in [0.1, 0.15) is 31.2 Å². The van der Waals surface area contributed by atoms with E-state index in [0.717, 1.165) is 24.8 Å². The summed E-state index contributed by atoms with van der Waals surface area (Å²) < 4.78 is 5.32. The van der Waals surface area contributed by atoms with Crippen molar-refractivity contribution in [2.75, 3.05) is 6.54 Å². The summed E-state index contributed by atoms with van der Waals surface area (Å²) in [6, 6.07) is 8.60. The average molecular weight is 315 g/mol. The minimum absolute atomic E-state index is 0.158. The Morgan fingerprint density at radius 3 is 2.78 bits per heavy atom. The van der Waals surface area contributed by atoms with Crippen LogP contribution in [0.3, 0.4) is 0 Å². The Morgan fingerprint density at radius 1 is 1.26 bits per heavy atom. The van der Waals surface area contributed by atoms with E-state index in [4.69, 9.17) is 4.74 Å². The number of carbonyl (C=O) groups excluding carboxylic acids is 1. The van der Waals surface area contributed by atoms with Crippen LogP contribution in [0.25, 0.3) is 0 Å². The molecule has 1 heterocycles. The Morgan fingerprint density at radius 2 is 2.04 bits per heavy atom. The molecular formula is C18H21NO4. The fourth-order valence-corrected chi connectivity index (χ4v) is 3.40.